The van der Waals surface area contributed by atoms with Crippen molar-refractivity contribution >= 4 is 38.1 Å². The van der Waals surface area contributed by atoms with Crippen LogP contribution in [0.3, 0.4) is 0 Å². The fourth-order valence-electron chi connectivity index (χ4n) is 2.35. The Morgan fingerprint density at radius 3 is 2.38 bits per heavy atom. The summed E-state index contributed by atoms with van der Waals surface area (Å²) in [4.78, 5) is 16.7. The number of rotatable bonds is 7. The number of carbonyl (C=O) groups excluding carboxylic acids is 1. The van der Waals surface area contributed by atoms with Crippen LogP contribution < -0.4 is 10.1 Å². The van der Waals surface area contributed by atoms with Crippen molar-refractivity contribution in [3.05, 3.63) is 22.4 Å². The Morgan fingerprint density at radius 2 is 1.90 bits per heavy atom. The molecule has 0 radical (unpaired) electrons. The number of ether oxygens (including phenoxy) is 1. The number of hydrogen-bond donors (Lipinski definition) is 1. The lowest BCUT2D eigenvalue weighted by Crippen LogP contribution is -2.48. The van der Waals surface area contributed by atoms with Gasteiger partial charge in [0.05, 0.1) is 16.8 Å². The number of hydrogen-bond acceptors (Lipinski definition) is 4. The molecule has 1 heterocycles. The lowest BCUT2D eigenvalue weighted by molar-refractivity contribution is -0.129. The van der Waals surface area contributed by atoms with Gasteiger partial charge in [0.1, 0.15) is 17.0 Å². The van der Waals surface area contributed by atoms with E-state index in [-0.39, 0.29) is 27.6 Å². The Hall–Kier alpha value is -1.26. The first kappa shape index (κ1) is 25.8. The summed E-state index contributed by atoms with van der Waals surface area (Å²) in [7, 11) is -1.25. The fraction of sp³-hybridized carbons (Fsp3) is 0.619. The number of amides is 1. The molecule has 0 bridgehead atoms. The maximum atomic E-state index is 12.8. The summed E-state index contributed by atoms with van der Waals surface area (Å²) in [5.41, 5.74) is -0.852. The third-order valence-corrected chi connectivity index (χ3v) is 5.36. The SMILES string of the molecule is CCC(Oc1cnc(Cl)c(Cl)c1)C(=O)NC(C)(C)C#CC(O[SiH](C)C)C(C)(C)C. The van der Waals surface area contributed by atoms with Crippen molar-refractivity contribution in [1.29, 1.82) is 0 Å². The Kier molecular flexibility index (Phi) is 9.48. The van der Waals surface area contributed by atoms with Gasteiger partial charge in [0, 0.05) is 6.07 Å². The van der Waals surface area contributed by atoms with E-state index in [0.717, 1.165) is 0 Å². The first-order chi connectivity index (χ1) is 13.2. The molecule has 5 nitrogen and oxygen atoms in total. The van der Waals surface area contributed by atoms with Gasteiger partial charge in [-0.25, -0.2) is 4.98 Å². The maximum absolute atomic E-state index is 12.8. The molecule has 1 rings (SSSR count). The summed E-state index contributed by atoms with van der Waals surface area (Å²) in [6.07, 6.45) is 1.03. The van der Waals surface area contributed by atoms with Crippen molar-refractivity contribution in [3.63, 3.8) is 0 Å². The number of nitrogens with one attached hydrogen (secondary N) is 1. The molecule has 1 amide bonds. The van der Waals surface area contributed by atoms with Crippen molar-refractivity contribution in [3.8, 4) is 17.6 Å². The topological polar surface area (TPSA) is 60.5 Å². The molecule has 1 aromatic rings. The van der Waals surface area contributed by atoms with Crippen LogP contribution in [0.2, 0.25) is 23.3 Å². The predicted molar refractivity (Wildman–Crippen MR) is 122 cm³/mol. The maximum Gasteiger partial charge on any atom is 0.262 e. The molecule has 0 aliphatic heterocycles. The normalized spacial score (nSPS) is 14.0. The van der Waals surface area contributed by atoms with Crippen LogP contribution in [0.25, 0.3) is 0 Å². The van der Waals surface area contributed by atoms with E-state index in [4.69, 9.17) is 32.4 Å². The van der Waals surface area contributed by atoms with E-state index in [1.807, 2.05) is 20.8 Å². The smallest absolute Gasteiger partial charge is 0.262 e. The van der Waals surface area contributed by atoms with Gasteiger partial charge < -0.3 is 14.5 Å². The molecule has 0 aromatic carbocycles. The van der Waals surface area contributed by atoms with Gasteiger partial charge in [0.15, 0.2) is 15.1 Å². The average Bonchev–Trinajstić information content (AvgIpc) is 2.57. The monoisotopic (exact) mass is 458 g/mol. The quantitative estimate of drug-likeness (QED) is 0.360. The van der Waals surface area contributed by atoms with Crippen LogP contribution in [0, 0.1) is 17.3 Å². The van der Waals surface area contributed by atoms with Gasteiger partial charge in [-0.1, -0.05) is 62.7 Å². The van der Waals surface area contributed by atoms with Crippen LogP contribution in [0.4, 0.5) is 0 Å². The lowest BCUT2D eigenvalue weighted by Gasteiger charge is -2.29. The van der Waals surface area contributed by atoms with Gasteiger partial charge in [-0.05, 0) is 38.8 Å². The number of nitrogens with zero attached hydrogens (tertiary/aromatic N) is 1. The molecule has 0 aliphatic rings. The van der Waals surface area contributed by atoms with Gasteiger partial charge in [0.2, 0.25) is 0 Å². The molecule has 1 aromatic heterocycles. The molecule has 29 heavy (non-hydrogen) atoms. The molecule has 0 saturated carbocycles. The summed E-state index contributed by atoms with van der Waals surface area (Å²) in [5, 5.41) is 3.41. The highest BCUT2D eigenvalue weighted by atomic mass is 35.5. The molecule has 162 valence electrons. The van der Waals surface area contributed by atoms with Gasteiger partial charge in [0.25, 0.3) is 5.91 Å². The van der Waals surface area contributed by atoms with E-state index in [1.54, 1.807) is 6.07 Å². The minimum atomic E-state index is -1.25. The van der Waals surface area contributed by atoms with Crippen LogP contribution in [0.1, 0.15) is 48.0 Å². The molecule has 0 fully saturated rings. The van der Waals surface area contributed by atoms with Gasteiger partial charge in [-0.3, -0.25) is 4.79 Å². The number of carbonyl (C=O) groups is 1. The molecular formula is C21H32Cl2N2O3Si. The largest absolute Gasteiger partial charge is 0.479 e. The lowest BCUT2D eigenvalue weighted by atomic mass is 9.89. The first-order valence-electron chi connectivity index (χ1n) is 9.73. The van der Waals surface area contributed by atoms with Gasteiger partial charge >= 0.3 is 0 Å². The van der Waals surface area contributed by atoms with Crippen LogP contribution in [-0.2, 0) is 9.22 Å². The van der Waals surface area contributed by atoms with E-state index in [2.05, 4.69) is 56.0 Å². The third kappa shape index (κ3) is 8.96. The second kappa shape index (κ2) is 10.7. The molecule has 0 aliphatic carbocycles. The van der Waals surface area contributed by atoms with Crippen molar-refractivity contribution in [2.75, 3.05) is 0 Å². The highest BCUT2D eigenvalue weighted by Crippen LogP contribution is 2.25. The van der Waals surface area contributed by atoms with E-state index < -0.39 is 20.7 Å². The summed E-state index contributed by atoms with van der Waals surface area (Å²) >= 11 is 11.8. The van der Waals surface area contributed by atoms with Crippen LogP contribution in [-0.4, -0.2) is 37.7 Å². The standard InChI is InChI=1S/C21H32Cl2N2O3Si/c1-9-16(27-14-12-15(22)18(23)24-13-14)19(26)25-21(5,6)11-10-17(20(2,3)4)28-29(7)8/h12-13,16-17,29H,9H2,1-8H3,(H,25,26). The first-order valence-corrected chi connectivity index (χ1v) is 13.3. The zero-order valence-electron chi connectivity index (χ0n) is 18.5. The van der Waals surface area contributed by atoms with Crippen molar-refractivity contribution in [1.82, 2.24) is 10.3 Å². The zero-order valence-corrected chi connectivity index (χ0v) is 21.2. The number of aromatic nitrogens is 1. The Bertz CT molecular complexity index is 767. The highest BCUT2D eigenvalue weighted by molar-refractivity contribution is 6.48. The third-order valence-electron chi connectivity index (χ3n) is 3.86. The number of halogens is 2. The van der Waals surface area contributed by atoms with Crippen LogP contribution >= 0.6 is 23.2 Å². The minimum Gasteiger partial charge on any atom is -0.479 e. The van der Waals surface area contributed by atoms with Crippen molar-refractivity contribution in [2.24, 2.45) is 5.41 Å². The minimum absolute atomic E-state index is 0.111. The van der Waals surface area contributed by atoms with Crippen LogP contribution in [0.15, 0.2) is 12.3 Å². The Balaban J connectivity index is 2.89. The second-order valence-corrected chi connectivity index (χ2v) is 11.9. The molecule has 0 saturated heterocycles. The van der Waals surface area contributed by atoms with Crippen molar-refractivity contribution < 1.29 is 14.0 Å². The average molecular weight is 459 g/mol. The fourth-order valence-corrected chi connectivity index (χ4v) is 3.63. The highest BCUT2D eigenvalue weighted by Gasteiger charge is 2.28. The Morgan fingerprint density at radius 1 is 1.28 bits per heavy atom. The van der Waals surface area contributed by atoms with E-state index in [0.29, 0.717) is 12.2 Å². The van der Waals surface area contributed by atoms with Crippen LogP contribution in [0.5, 0.6) is 5.75 Å². The van der Waals surface area contributed by atoms with Gasteiger partial charge in [-0.2, -0.15) is 0 Å². The zero-order chi connectivity index (χ0) is 22.4. The molecule has 0 spiro atoms. The summed E-state index contributed by atoms with van der Waals surface area (Å²) < 4.78 is 11.8. The number of pyridine rings is 1. The van der Waals surface area contributed by atoms with Gasteiger partial charge in [-0.15, -0.1) is 0 Å². The van der Waals surface area contributed by atoms with E-state index >= 15 is 0 Å². The van der Waals surface area contributed by atoms with E-state index in [1.165, 1.54) is 6.20 Å². The van der Waals surface area contributed by atoms with E-state index in [9.17, 15) is 4.79 Å². The second-order valence-electron chi connectivity index (χ2n) is 8.77. The predicted octanol–water partition coefficient (Wildman–Crippen LogP) is 4.86. The molecule has 2 unspecified atom stereocenters. The summed E-state index contributed by atoms with van der Waals surface area (Å²) in [6.45, 7) is 16.1. The molecular weight excluding hydrogens is 427 g/mol. The van der Waals surface area contributed by atoms with Crippen molar-refractivity contribution in [2.45, 2.75) is 78.8 Å². The Labute approximate surface area is 186 Å². The molecule has 8 heteroatoms. The molecule has 2 atom stereocenters. The summed E-state index contributed by atoms with van der Waals surface area (Å²) in [5.74, 6) is 6.51. The molecule has 1 N–H and O–H groups in total. The summed E-state index contributed by atoms with van der Waals surface area (Å²) in [6, 6.07) is 1.54.